The normalized spacial score (nSPS) is 19.9. The molecule has 1 atom stereocenters. The number of piperazine rings is 1. The topological polar surface area (TPSA) is 57.2 Å². The highest BCUT2D eigenvalue weighted by atomic mass is 35.5. The summed E-state index contributed by atoms with van der Waals surface area (Å²) in [6.45, 7) is 8.61. The molecule has 2 aliphatic rings. The molecule has 142 valence electrons. The van der Waals surface area contributed by atoms with E-state index in [9.17, 15) is 9.18 Å². The zero-order valence-corrected chi connectivity index (χ0v) is 16.0. The first-order valence-corrected chi connectivity index (χ1v) is 9.07. The fraction of sp³-hybridized carbons (Fsp3) is 0.556. The van der Waals surface area contributed by atoms with Gasteiger partial charge in [-0.25, -0.2) is 9.18 Å². The predicted octanol–water partition coefficient (Wildman–Crippen LogP) is 2.86. The number of nitrogens with one attached hydrogen (secondary N) is 1. The lowest BCUT2D eigenvalue weighted by Crippen LogP contribution is -2.57. The SMILES string of the molecule is CC(C)(C)OC(=O)N1CCN2C(NCc3ccc(F)c(Cl)c3)=NCC2C1. The zero-order valence-electron chi connectivity index (χ0n) is 15.3. The van der Waals surface area contributed by atoms with Crippen LogP contribution in [0.15, 0.2) is 23.2 Å². The molecule has 6 nitrogen and oxygen atoms in total. The number of nitrogens with zero attached hydrogens (tertiary/aromatic N) is 3. The van der Waals surface area contributed by atoms with E-state index in [1.165, 1.54) is 6.07 Å². The van der Waals surface area contributed by atoms with Crippen LogP contribution in [0.3, 0.4) is 0 Å². The molecule has 1 aromatic carbocycles. The van der Waals surface area contributed by atoms with E-state index in [-0.39, 0.29) is 17.2 Å². The van der Waals surface area contributed by atoms with Crippen molar-refractivity contribution in [2.45, 2.75) is 39.0 Å². The Bertz CT molecular complexity index is 720. The van der Waals surface area contributed by atoms with Gasteiger partial charge in [0, 0.05) is 26.2 Å². The van der Waals surface area contributed by atoms with Crippen molar-refractivity contribution in [1.82, 2.24) is 15.1 Å². The van der Waals surface area contributed by atoms with Crippen molar-refractivity contribution in [1.29, 1.82) is 0 Å². The molecule has 1 aromatic rings. The van der Waals surface area contributed by atoms with Gasteiger partial charge < -0.3 is 19.9 Å². The third-order valence-corrected chi connectivity index (χ3v) is 4.58. The monoisotopic (exact) mass is 382 g/mol. The van der Waals surface area contributed by atoms with Crippen LogP contribution in [-0.4, -0.2) is 59.7 Å². The summed E-state index contributed by atoms with van der Waals surface area (Å²) in [6.07, 6.45) is -0.278. The highest BCUT2D eigenvalue weighted by molar-refractivity contribution is 6.30. The van der Waals surface area contributed by atoms with Crippen LogP contribution in [0.1, 0.15) is 26.3 Å². The van der Waals surface area contributed by atoms with Gasteiger partial charge in [-0.2, -0.15) is 0 Å². The molecule has 0 aliphatic carbocycles. The lowest BCUT2D eigenvalue weighted by atomic mass is 10.2. The summed E-state index contributed by atoms with van der Waals surface area (Å²) < 4.78 is 18.7. The quantitative estimate of drug-likeness (QED) is 0.854. The number of amides is 1. The summed E-state index contributed by atoms with van der Waals surface area (Å²) in [5.41, 5.74) is 0.388. The second kappa shape index (κ2) is 7.31. The number of ether oxygens (including phenoxy) is 1. The highest BCUT2D eigenvalue weighted by Gasteiger charge is 2.36. The number of rotatable bonds is 2. The van der Waals surface area contributed by atoms with Gasteiger partial charge in [-0.15, -0.1) is 0 Å². The standard InChI is InChI=1S/C18H24ClFN4O2/c1-18(2,3)26-17(25)23-6-7-24-13(11-23)10-22-16(24)21-9-12-4-5-15(20)14(19)8-12/h4-5,8,13H,6-7,9-11H2,1-3H3,(H,21,22). The summed E-state index contributed by atoms with van der Waals surface area (Å²) >= 11 is 5.82. The van der Waals surface area contributed by atoms with E-state index >= 15 is 0 Å². The fourth-order valence-corrected chi connectivity index (χ4v) is 3.26. The summed E-state index contributed by atoms with van der Waals surface area (Å²) in [5.74, 6) is 0.381. The van der Waals surface area contributed by atoms with Gasteiger partial charge in [0.15, 0.2) is 5.96 Å². The van der Waals surface area contributed by atoms with E-state index in [0.717, 1.165) is 11.5 Å². The van der Waals surface area contributed by atoms with Gasteiger partial charge in [-0.05, 0) is 38.5 Å². The van der Waals surface area contributed by atoms with Gasteiger partial charge in [-0.1, -0.05) is 17.7 Å². The summed E-state index contributed by atoms with van der Waals surface area (Å²) in [6, 6.07) is 4.81. The molecule has 1 amide bonds. The number of carbonyl (C=O) groups excluding carboxylic acids is 1. The first-order valence-electron chi connectivity index (χ1n) is 8.70. The molecule has 0 spiro atoms. The molecule has 0 radical (unpaired) electrons. The highest BCUT2D eigenvalue weighted by Crippen LogP contribution is 2.20. The molecule has 0 saturated carbocycles. The van der Waals surface area contributed by atoms with Crippen LogP contribution >= 0.6 is 11.6 Å². The second-order valence-electron chi connectivity index (χ2n) is 7.54. The van der Waals surface area contributed by atoms with Crippen molar-refractivity contribution in [3.63, 3.8) is 0 Å². The largest absolute Gasteiger partial charge is 0.444 e. The Morgan fingerprint density at radius 3 is 2.88 bits per heavy atom. The van der Waals surface area contributed by atoms with Crippen molar-refractivity contribution in [3.05, 3.63) is 34.6 Å². The predicted molar refractivity (Wildman–Crippen MR) is 98.9 cm³/mol. The fourth-order valence-electron chi connectivity index (χ4n) is 3.05. The minimum Gasteiger partial charge on any atom is -0.444 e. The van der Waals surface area contributed by atoms with Crippen LogP contribution in [0.4, 0.5) is 9.18 Å². The molecule has 1 unspecified atom stereocenters. The van der Waals surface area contributed by atoms with Gasteiger partial charge in [-0.3, -0.25) is 4.99 Å². The van der Waals surface area contributed by atoms with Crippen molar-refractivity contribution in [2.24, 2.45) is 4.99 Å². The second-order valence-corrected chi connectivity index (χ2v) is 7.95. The van der Waals surface area contributed by atoms with Crippen LogP contribution < -0.4 is 5.32 Å². The van der Waals surface area contributed by atoms with E-state index < -0.39 is 11.4 Å². The van der Waals surface area contributed by atoms with E-state index in [2.05, 4.69) is 15.2 Å². The Morgan fingerprint density at radius 1 is 1.42 bits per heavy atom. The summed E-state index contributed by atoms with van der Waals surface area (Å²) in [7, 11) is 0. The molecule has 0 bridgehead atoms. The smallest absolute Gasteiger partial charge is 0.410 e. The van der Waals surface area contributed by atoms with Gasteiger partial charge in [0.25, 0.3) is 0 Å². The van der Waals surface area contributed by atoms with Gasteiger partial charge in [0.05, 0.1) is 17.6 Å². The maximum atomic E-state index is 13.2. The van der Waals surface area contributed by atoms with E-state index in [4.69, 9.17) is 16.3 Å². The number of halogens is 2. The van der Waals surface area contributed by atoms with Crippen LogP contribution in [0.5, 0.6) is 0 Å². The Morgan fingerprint density at radius 2 is 2.19 bits per heavy atom. The number of hydrogen-bond donors (Lipinski definition) is 1. The van der Waals surface area contributed by atoms with Crippen LogP contribution in [0.25, 0.3) is 0 Å². The molecule has 0 aromatic heterocycles. The zero-order chi connectivity index (χ0) is 18.9. The molecule has 1 fully saturated rings. The molecule has 1 saturated heterocycles. The molecule has 8 heteroatoms. The third kappa shape index (κ3) is 4.38. The van der Waals surface area contributed by atoms with E-state index in [0.29, 0.717) is 32.7 Å². The molecule has 3 rings (SSSR count). The molecule has 2 heterocycles. The Balaban J connectivity index is 1.53. The Labute approximate surface area is 158 Å². The van der Waals surface area contributed by atoms with Gasteiger partial charge in [0.1, 0.15) is 11.4 Å². The number of hydrogen-bond acceptors (Lipinski definition) is 5. The Hall–Kier alpha value is -2.02. The minimum atomic E-state index is -0.496. The van der Waals surface area contributed by atoms with Crippen molar-refractivity contribution < 1.29 is 13.9 Å². The van der Waals surface area contributed by atoms with E-state index in [1.54, 1.807) is 17.0 Å². The Kier molecular flexibility index (Phi) is 5.27. The molecular weight excluding hydrogens is 359 g/mol. The van der Waals surface area contributed by atoms with Crippen LogP contribution in [-0.2, 0) is 11.3 Å². The molecule has 26 heavy (non-hydrogen) atoms. The van der Waals surface area contributed by atoms with Crippen LogP contribution in [0, 0.1) is 5.82 Å². The minimum absolute atomic E-state index is 0.113. The lowest BCUT2D eigenvalue weighted by molar-refractivity contribution is 0.0137. The van der Waals surface area contributed by atoms with Crippen molar-refractivity contribution in [2.75, 3.05) is 26.2 Å². The van der Waals surface area contributed by atoms with Crippen molar-refractivity contribution >= 4 is 23.7 Å². The number of carbonyl (C=O) groups is 1. The van der Waals surface area contributed by atoms with E-state index in [1.807, 2.05) is 20.8 Å². The third-order valence-electron chi connectivity index (χ3n) is 4.29. The first-order chi connectivity index (χ1) is 12.2. The molecule has 1 N–H and O–H groups in total. The lowest BCUT2D eigenvalue weighted by Gasteiger charge is -2.39. The number of aliphatic imine (C=N–C) groups is 1. The average molecular weight is 383 g/mol. The average Bonchev–Trinajstić information content (AvgIpc) is 2.96. The first kappa shape index (κ1) is 18.8. The number of fused-ring (bicyclic) bond motifs is 1. The van der Waals surface area contributed by atoms with Crippen LogP contribution in [0.2, 0.25) is 5.02 Å². The maximum Gasteiger partial charge on any atom is 0.410 e. The molecular formula is C18H24ClFN4O2. The number of guanidine groups is 1. The van der Waals surface area contributed by atoms with Gasteiger partial charge >= 0.3 is 6.09 Å². The summed E-state index contributed by atoms with van der Waals surface area (Å²) in [5, 5.41) is 3.40. The maximum absolute atomic E-state index is 13.2. The summed E-state index contributed by atoms with van der Waals surface area (Å²) in [4.78, 5) is 20.7. The van der Waals surface area contributed by atoms with Crippen molar-refractivity contribution in [3.8, 4) is 0 Å². The van der Waals surface area contributed by atoms with Gasteiger partial charge in [0.2, 0.25) is 0 Å². The molecule has 2 aliphatic heterocycles. The number of benzene rings is 1.